The van der Waals surface area contributed by atoms with Crippen LogP contribution in [0.5, 0.6) is 0 Å². The molecule has 2 fully saturated rings. The molecule has 80 valence electrons. The van der Waals surface area contributed by atoms with E-state index in [1.54, 1.807) is 0 Å². The molecule has 2 aliphatic carbocycles. The lowest BCUT2D eigenvalue weighted by atomic mass is 9.82. The third kappa shape index (κ3) is 1.51. The van der Waals surface area contributed by atoms with Gasteiger partial charge in [-0.15, -0.1) is 0 Å². The molecule has 2 aliphatic rings. The molecule has 0 aromatic carbocycles. The number of fused-ring (bicyclic) bond motifs is 1. The van der Waals surface area contributed by atoms with Crippen molar-refractivity contribution in [3.05, 3.63) is 12.2 Å². The fraction of sp³-hybridized carbons (Fsp3) is 0.833. The maximum absolute atomic E-state index is 10.2. The molecular weight excluding hydrogens is 176 g/mol. The highest BCUT2D eigenvalue weighted by Crippen LogP contribution is 2.48. The van der Waals surface area contributed by atoms with Crippen molar-refractivity contribution in [2.24, 2.45) is 11.8 Å². The summed E-state index contributed by atoms with van der Waals surface area (Å²) in [6.07, 6.45) is 4.38. The highest BCUT2D eigenvalue weighted by Gasteiger charge is 2.46. The van der Waals surface area contributed by atoms with Crippen LogP contribution in [-0.2, 0) is 0 Å². The van der Waals surface area contributed by atoms with Gasteiger partial charge in [-0.2, -0.15) is 0 Å². The molecule has 2 saturated carbocycles. The minimum atomic E-state index is -0.530. The highest BCUT2D eigenvalue weighted by atomic mass is 16.3. The standard InChI is InChI=1S/C12H20O2/c1-8-9-6-7-12(2,14)10(9)4-3-5-11(8)13/h9-11,13-14H,1,3-7H2,2H3. The van der Waals surface area contributed by atoms with E-state index in [2.05, 4.69) is 6.58 Å². The van der Waals surface area contributed by atoms with Crippen LogP contribution in [-0.4, -0.2) is 21.9 Å². The summed E-state index contributed by atoms with van der Waals surface area (Å²) in [5.74, 6) is 0.676. The average molecular weight is 196 g/mol. The van der Waals surface area contributed by atoms with Gasteiger partial charge in [0.05, 0.1) is 11.7 Å². The van der Waals surface area contributed by atoms with Crippen molar-refractivity contribution in [2.45, 2.75) is 50.7 Å². The minimum absolute atomic E-state index is 0.326. The fourth-order valence-corrected chi connectivity index (χ4v) is 3.19. The van der Waals surface area contributed by atoms with E-state index in [0.717, 1.165) is 37.7 Å². The van der Waals surface area contributed by atoms with Crippen LogP contribution in [0.25, 0.3) is 0 Å². The van der Waals surface area contributed by atoms with E-state index in [-0.39, 0.29) is 6.10 Å². The zero-order valence-electron chi connectivity index (χ0n) is 8.87. The second kappa shape index (κ2) is 3.35. The normalized spacial score (nSPS) is 48.8. The Bertz CT molecular complexity index is 245. The van der Waals surface area contributed by atoms with Crippen LogP contribution in [0.3, 0.4) is 0 Å². The summed E-state index contributed by atoms with van der Waals surface area (Å²) in [5.41, 5.74) is 0.433. The maximum Gasteiger partial charge on any atom is 0.0750 e. The molecule has 4 unspecified atom stereocenters. The largest absolute Gasteiger partial charge is 0.390 e. The molecule has 0 aromatic heterocycles. The molecule has 2 nitrogen and oxygen atoms in total. The van der Waals surface area contributed by atoms with E-state index in [9.17, 15) is 10.2 Å². The highest BCUT2D eigenvalue weighted by molar-refractivity contribution is 5.15. The van der Waals surface area contributed by atoms with Crippen LogP contribution >= 0.6 is 0 Å². The number of hydrogen-bond donors (Lipinski definition) is 2. The first kappa shape index (κ1) is 10.2. The molecule has 0 aromatic rings. The Kier molecular flexibility index (Phi) is 2.44. The van der Waals surface area contributed by atoms with Crippen LogP contribution in [0.1, 0.15) is 39.0 Å². The topological polar surface area (TPSA) is 40.5 Å². The average Bonchev–Trinajstić information content (AvgIpc) is 2.32. The van der Waals surface area contributed by atoms with E-state index in [0.29, 0.717) is 11.8 Å². The molecule has 0 amide bonds. The van der Waals surface area contributed by atoms with Gasteiger partial charge in [-0.1, -0.05) is 13.0 Å². The minimum Gasteiger partial charge on any atom is -0.390 e. The lowest BCUT2D eigenvalue weighted by Gasteiger charge is -2.28. The third-order valence-electron chi connectivity index (χ3n) is 4.14. The molecule has 2 rings (SSSR count). The monoisotopic (exact) mass is 196 g/mol. The van der Waals surface area contributed by atoms with Crippen molar-refractivity contribution in [1.82, 2.24) is 0 Å². The number of aliphatic hydroxyl groups excluding tert-OH is 1. The lowest BCUT2D eigenvalue weighted by molar-refractivity contribution is 0.0108. The van der Waals surface area contributed by atoms with Gasteiger partial charge in [-0.3, -0.25) is 0 Å². The maximum atomic E-state index is 10.2. The molecule has 4 atom stereocenters. The molecular formula is C12H20O2. The summed E-state index contributed by atoms with van der Waals surface area (Å²) in [4.78, 5) is 0. The van der Waals surface area contributed by atoms with E-state index in [4.69, 9.17) is 0 Å². The second-order valence-corrected chi connectivity index (χ2v) is 5.13. The quantitative estimate of drug-likeness (QED) is 0.581. The zero-order chi connectivity index (χ0) is 10.3. The Morgan fingerprint density at radius 1 is 1.36 bits per heavy atom. The van der Waals surface area contributed by atoms with Gasteiger partial charge in [0.1, 0.15) is 0 Å². The molecule has 14 heavy (non-hydrogen) atoms. The summed E-state index contributed by atoms with van der Waals surface area (Å²) in [5, 5.41) is 20.0. The Labute approximate surface area is 85.6 Å². The molecule has 0 aliphatic heterocycles. The van der Waals surface area contributed by atoms with Crippen LogP contribution < -0.4 is 0 Å². The SMILES string of the molecule is C=C1C(O)CCCC2C1CCC2(C)O. The second-order valence-electron chi connectivity index (χ2n) is 5.13. The molecule has 0 bridgehead atoms. The summed E-state index contributed by atoms with van der Waals surface area (Å²) in [7, 11) is 0. The lowest BCUT2D eigenvalue weighted by Crippen LogP contribution is -2.32. The molecule has 0 spiro atoms. The van der Waals surface area contributed by atoms with Crippen LogP contribution in [0.4, 0.5) is 0 Å². The summed E-state index contributed by atoms with van der Waals surface area (Å²) in [6, 6.07) is 0. The summed E-state index contributed by atoms with van der Waals surface area (Å²) >= 11 is 0. The molecule has 2 heteroatoms. The molecule has 0 saturated heterocycles. The van der Waals surface area contributed by atoms with Crippen molar-refractivity contribution in [3.8, 4) is 0 Å². The molecule has 0 radical (unpaired) electrons. The Morgan fingerprint density at radius 2 is 2.07 bits per heavy atom. The van der Waals surface area contributed by atoms with Crippen molar-refractivity contribution in [2.75, 3.05) is 0 Å². The number of hydrogen-bond acceptors (Lipinski definition) is 2. The first-order valence-corrected chi connectivity index (χ1v) is 5.61. The van der Waals surface area contributed by atoms with Gasteiger partial charge in [-0.05, 0) is 50.0 Å². The van der Waals surface area contributed by atoms with Gasteiger partial charge in [-0.25, -0.2) is 0 Å². The number of rotatable bonds is 0. The Morgan fingerprint density at radius 3 is 2.79 bits per heavy atom. The fourth-order valence-electron chi connectivity index (χ4n) is 3.19. The predicted octanol–water partition coefficient (Wildman–Crippen LogP) is 1.86. The Hall–Kier alpha value is -0.340. The van der Waals surface area contributed by atoms with Crippen molar-refractivity contribution >= 4 is 0 Å². The van der Waals surface area contributed by atoms with Gasteiger partial charge in [0.25, 0.3) is 0 Å². The van der Waals surface area contributed by atoms with Crippen molar-refractivity contribution in [1.29, 1.82) is 0 Å². The molecule has 2 N–H and O–H groups in total. The summed E-state index contributed by atoms with van der Waals surface area (Å²) < 4.78 is 0. The van der Waals surface area contributed by atoms with Crippen molar-refractivity contribution in [3.63, 3.8) is 0 Å². The summed E-state index contributed by atoms with van der Waals surface area (Å²) in [6.45, 7) is 5.94. The van der Waals surface area contributed by atoms with Gasteiger partial charge >= 0.3 is 0 Å². The van der Waals surface area contributed by atoms with E-state index < -0.39 is 5.60 Å². The first-order valence-electron chi connectivity index (χ1n) is 5.61. The van der Waals surface area contributed by atoms with Gasteiger partial charge in [0.15, 0.2) is 0 Å². The van der Waals surface area contributed by atoms with Crippen molar-refractivity contribution < 1.29 is 10.2 Å². The number of aliphatic hydroxyl groups is 2. The molecule has 0 heterocycles. The zero-order valence-corrected chi connectivity index (χ0v) is 8.87. The smallest absolute Gasteiger partial charge is 0.0750 e. The Balaban J connectivity index is 2.22. The van der Waals surface area contributed by atoms with Gasteiger partial charge < -0.3 is 10.2 Å². The third-order valence-corrected chi connectivity index (χ3v) is 4.14. The van der Waals surface area contributed by atoms with Gasteiger partial charge in [0, 0.05) is 0 Å². The van der Waals surface area contributed by atoms with E-state index in [1.807, 2.05) is 6.92 Å². The first-order chi connectivity index (χ1) is 6.52. The van der Waals surface area contributed by atoms with Gasteiger partial charge in [0.2, 0.25) is 0 Å². The van der Waals surface area contributed by atoms with Crippen LogP contribution in [0.2, 0.25) is 0 Å². The van der Waals surface area contributed by atoms with E-state index >= 15 is 0 Å². The van der Waals surface area contributed by atoms with Crippen LogP contribution in [0, 0.1) is 11.8 Å². The van der Waals surface area contributed by atoms with E-state index in [1.165, 1.54) is 0 Å². The predicted molar refractivity (Wildman–Crippen MR) is 55.8 cm³/mol. The van der Waals surface area contributed by atoms with Crippen LogP contribution in [0.15, 0.2) is 12.2 Å².